The molecule has 324 valence electrons. The van der Waals surface area contributed by atoms with Crippen molar-refractivity contribution in [1.29, 1.82) is 0 Å². The zero-order chi connectivity index (χ0) is 41.4. The predicted octanol–water partition coefficient (Wildman–Crippen LogP) is 11.8. The van der Waals surface area contributed by atoms with E-state index in [0.717, 1.165) is 44.9 Å². The van der Waals surface area contributed by atoms with E-state index in [4.69, 9.17) is 18.5 Å². The van der Waals surface area contributed by atoms with Gasteiger partial charge in [0, 0.05) is 12.8 Å². The number of nitrogens with zero attached hydrogens (tertiary/aromatic N) is 1. The Morgan fingerprint density at radius 2 is 0.982 bits per heavy atom. The van der Waals surface area contributed by atoms with Crippen molar-refractivity contribution >= 4 is 19.8 Å². The number of ether oxygens (including phenoxy) is 2. The topological polar surface area (TPSA) is 111 Å². The third-order valence-electron chi connectivity index (χ3n) is 9.01. The number of rotatable bonds is 39. The van der Waals surface area contributed by atoms with Crippen LogP contribution in [0.5, 0.6) is 0 Å². The van der Waals surface area contributed by atoms with Gasteiger partial charge in [0.1, 0.15) is 19.8 Å². The summed E-state index contributed by atoms with van der Waals surface area (Å²) in [5.41, 5.74) is 0. The number of hydrogen-bond acceptors (Lipinski definition) is 8. The van der Waals surface area contributed by atoms with E-state index in [-0.39, 0.29) is 26.1 Å². The first-order valence-electron chi connectivity index (χ1n) is 22.0. The van der Waals surface area contributed by atoms with Gasteiger partial charge in [0.25, 0.3) is 7.82 Å². The van der Waals surface area contributed by atoms with Gasteiger partial charge in [-0.3, -0.25) is 14.2 Å². The minimum Gasteiger partial charge on any atom is -0.756 e. The van der Waals surface area contributed by atoms with Crippen molar-refractivity contribution in [2.24, 2.45) is 0 Å². The average molecular weight is 808 g/mol. The number of carbonyl (C=O) groups is 2. The van der Waals surface area contributed by atoms with Crippen LogP contribution < -0.4 is 4.89 Å². The quantitative estimate of drug-likeness (QED) is 0.0198. The van der Waals surface area contributed by atoms with E-state index in [9.17, 15) is 19.0 Å². The van der Waals surface area contributed by atoms with Gasteiger partial charge in [-0.2, -0.15) is 0 Å². The van der Waals surface area contributed by atoms with Gasteiger partial charge in [-0.15, -0.1) is 0 Å². The third kappa shape index (κ3) is 41.3. The second kappa shape index (κ2) is 38.2. The van der Waals surface area contributed by atoms with E-state index in [0.29, 0.717) is 30.3 Å². The Kier molecular flexibility index (Phi) is 36.7. The van der Waals surface area contributed by atoms with Crippen LogP contribution in [0.25, 0.3) is 0 Å². The monoisotopic (exact) mass is 808 g/mol. The summed E-state index contributed by atoms with van der Waals surface area (Å²) < 4.78 is 33.8. The number of likely N-dealkylation sites (N-methyl/N-ethyl adjacent to an activating group) is 1. The minimum atomic E-state index is -4.64. The minimum absolute atomic E-state index is 0.0454. The van der Waals surface area contributed by atoms with Gasteiger partial charge in [0.15, 0.2) is 6.10 Å². The second-order valence-corrected chi connectivity index (χ2v) is 17.1. The maximum absolute atomic E-state index is 12.6. The summed E-state index contributed by atoms with van der Waals surface area (Å²) in [7, 11) is 1.12. The van der Waals surface area contributed by atoms with E-state index in [1.165, 1.54) is 77.0 Å². The standard InChI is InChI=1S/C46H82NO8P/c1-6-8-10-12-14-16-18-20-22-23-25-27-29-31-33-35-37-39-46(49)55-44(43-54-56(50,51)53-41-40-47(3,4)5)42-52-45(48)38-36-34-32-30-28-26-24-21-19-17-15-13-11-9-7-2/h14,16,20,22,25-28,31,33,44H,6-13,15,17-19,21,23-24,29-30,32,34-43H2,1-5H3/b16-14+,22-20+,27-25+,28-26+,33-31+/t44-/m1/s1. The number of carbonyl (C=O) groups excluding carboxylic acids is 2. The second-order valence-electron chi connectivity index (χ2n) is 15.7. The molecular formula is C46H82NO8P. The maximum Gasteiger partial charge on any atom is 0.306 e. The lowest BCUT2D eigenvalue weighted by atomic mass is 10.1. The fourth-order valence-electron chi connectivity index (χ4n) is 5.52. The van der Waals surface area contributed by atoms with Crippen LogP contribution in [-0.4, -0.2) is 70.0 Å². The molecule has 0 aromatic carbocycles. The Morgan fingerprint density at radius 3 is 1.54 bits per heavy atom. The molecule has 9 nitrogen and oxygen atoms in total. The summed E-state index contributed by atoms with van der Waals surface area (Å²) in [6.07, 6.45) is 45.4. The van der Waals surface area contributed by atoms with Crippen LogP contribution in [0.3, 0.4) is 0 Å². The van der Waals surface area contributed by atoms with Gasteiger partial charge < -0.3 is 27.9 Å². The highest BCUT2D eigenvalue weighted by molar-refractivity contribution is 7.45. The fourth-order valence-corrected chi connectivity index (χ4v) is 6.25. The molecule has 0 aliphatic carbocycles. The van der Waals surface area contributed by atoms with Crippen molar-refractivity contribution in [1.82, 2.24) is 0 Å². The molecule has 1 unspecified atom stereocenters. The Bertz CT molecular complexity index is 1140. The Balaban J connectivity index is 4.50. The molecule has 0 fully saturated rings. The highest BCUT2D eigenvalue weighted by Crippen LogP contribution is 2.38. The van der Waals surface area contributed by atoms with Gasteiger partial charge in [-0.05, 0) is 77.0 Å². The summed E-state index contributed by atoms with van der Waals surface area (Å²) in [5, 5.41) is 0. The molecule has 0 aromatic rings. The molecule has 0 N–H and O–H groups in total. The Morgan fingerprint density at radius 1 is 0.554 bits per heavy atom. The van der Waals surface area contributed by atoms with E-state index in [2.05, 4.69) is 68.5 Å². The number of phosphoric acid groups is 1. The summed E-state index contributed by atoms with van der Waals surface area (Å²) in [5.74, 6) is -0.922. The first-order chi connectivity index (χ1) is 27.0. The molecule has 0 spiro atoms. The smallest absolute Gasteiger partial charge is 0.306 e. The van der Waals surface area contributed by atoms with Crippen molar-refractivity contribution in [3.05, 3.63) is 60.8 Å². The number of esters is 2. The van der Waals surface area contributed by atoms with Crippen LogP contribution in [-0.2, 0) is 32.7 Å². The first-order valence-corrected chi connectivity index (χ1v) is 23.5. The SMILES string of the molecule is CCCCC/C=C/C/C=C/C/C=C/C/C=C/CCCC(=O)O[C@H](COC(=O)CCCCC/C=C/CCCCCCCCCC)COP(=O)([O-])OCC[N+](C)(C)C. The molecule has 0 saturated heterocycles. The molecule has 0 saturated carbocycles. The molecular weight excluding hydrogens is 725 g/mol. The van der Waals surface area contributed by atoms with Gasteiger partial charge >= 0.3 is 11.9 Å². The lowest BCUT2D eigenvalue weighted by molar-refractivity contribution is -0.870. The van der Waals surface area contributed by atoms with Gasteiger partial charge in [0.05, 0.1) is 27.7 Å². The normalized spacial score (nSPS) is 14.2. The van der Waals surface area contributed by atoms with Crippen LogP contribution in [0.15, 0.2) is 60.8 Å². The molecule has 0 amide bonds. The molecule has 0 aliphatic rings. The molecule has 0 radical (unpaired) electrons. The van der Waals surface area contributed by atoms with Crippen LogP contribution in [0.1, 0.15) is 168 Å². The van der Waals surface area contributed by atoms with Gasteiger partial charge in [-0.25, -0.2) is 0 Å². The molecule has 0 aliphatic heterocycles. The largest absolute Gasteiger partial charge is 0.756 e. The maximum atomic E-state index is 12.6. The van der Waals surface area contributed by atoms with Crippen LogP contribution in [0.2, 0.25) is 0 Å². The van der Waals surface area contributed by atoms with Gasteiger partial charge in [0.2, 0.25) is 0 Å². The van der Waals surface area contributed by atoms with Crippen LogP contribution in [0, 0.1) is 0 Å². The highest BCUT2D eigenvalue weighted by Gasteiger charge is 2.21. The van der Waals surface area contributed by atoms with E-state index >= 15 is 0 Å². The Hall–Kier alpha value is -2.29. The van der Waals surface area contributed by atoms with Crippen molar-refractivity contribution in [2.45, 2.75) is 174 Å². The van der Waals surface area contributed by atoms with E-state index < -0.39 is 32.5 Å². The molecule has 56 heavy (non-hydrogen) atoms. The number of unbranched alkanes of at least 4 members (excludes halogenated alkanes) is 15. The van der Waals surface area contributed by atoms with Gasteiger partial charge in [-0.1, -0.05) is 139 Å². The molecule has 0 rings (SSSR count). The summed E-state index contributed by atoms with van der Waals surface area (Å²) in [6.45, 7) is 4.10. The van der Waals surface area contributed by atoms with Crippen LogP contribution in [0.4, 0.5) is 0 Å². The molecule has 0 aromatic heterocycles. The highest BCUT2D eigenvalue weighted by atomic mass is 31.2. The van der Waals surface area contributed by atoms with Crippen molar-refractivity contribution in [3.8, 4) is 0 Å². The fraction of sp³-hybridized carbons (Fsp3) is 0.739. The van der Waals surface area contributed by atoms with E-state index in [1.54, 1.807) is 0 Å². The average Bonchev–Trinajstić information content (AvgIpc) is 3.15. The predicted molar refractivity (Wildman–Crippen MR) is 231 cm³/mol. The number of phosphoric ester groups is 1. The lowest BCUT2D eigenvalue weighted by Crippen LogP contribution is -2.37. The summed E-state index contributed by atoms with van der Waals surface area (Å²) >= 11 is 0. The van der Waals surface area contributed by atoms with Crippen LogP contribution >= 0.6 is 7.82 Å². The first kappa shape index (κ1) is 53.7. The number of hydrogen-bond donors (Lipinski definition) is 0. The lowest BCUT2D eigenvalue weighted by Gasteiger charge is -2.28. The van der Waals surface area contributed by atoms with Crippen molar-refractivity contribution in [3.63, 3.8) is 0 Å². The molecule has 0 bridgehead atoms. The zero-order valence-electron chi connectivity index (χ0n) is 36.3. The number of quaternary nitrogens is 1. The zero-order valence-corrected chi connectivity index (χ0v) is 37.2. The summed E-state index contributed by atoms with van der Waals surface area (Å²) in [6, 6.07) is 0. The Labute approximate surface area is 343 Å². The molecule has 0 heterocycles. The molecule has 2 atom stereocenters. The molecule has 10 heteroatoms. The summed E-state index contributed by atoms with van der Waals surface area (Å²) in [4.78, 5) is 37.5. The van der Waals surface area contributed by atoms with Crippen molar-refractivity contribution in [2.75, 3.05) is 47.5 Å². The third-order valence-corrected chi connectivity index (χ3v) is 9.97. The van der Waals surface area contributed by atoms with E-state index in [1.807, 2.05) is 27.2 Å². The number of allylic oxidation sites excluding steroid dienone is 10. The van der Waals surface area contributed by atoms with Crippen molar-refractivity contribution < 1.29 is 42.1 Å².